The zero-order valence-electron chi connectivity index (χ0n) is 15.1. The molecular weight excluding hydrogens is 380 g/mol. The summed E-state index contributed by atoms with van der Waals surface area (Å²) in [5.41, 5.74) is -3.83. The summed E-state index contributed by atoms with van der Waals surface area (Å²) in [7, 11) is 0. The molecule has 0 bridgehead atoms. The maximum atomic E-state index is 15.1. The van der Waals surface area contributed by atoms with E-state index in [0.29, 0.717) is 12.2 Å². The topological polar surface area (TPSA) is 55.8 Å². The van der Waals surface area contributed by atoms with Gasteiger partial charge in [-0.1, -0.05) is 19.4 Å². The second-order valence-corrected chi connectivity index (χ2v) is 6.94. The number of allylic oxidation sites excluding steroid dienone is 3. The number of halogens is 4. The Morgan fingerprint density at radius 2 is 1.82 bits per heavy atom. The van der Waals surface area contributed by atoms with E-state index in [2.05, 4.69) is 0 Å². The van der Waals surface area contributed by atoms with Gasteiger partial charge < -0.3 is 14.6 Å². The summed E-state index contributed by atoms with van der Waals surface area (Å²) in [5, 5.41) is 9.66. The predicted molar refractivity (Wildman–Crippen MR) is 92.6 cm³/mol. The van der Waals surface area contributed by atoms with Gasteiger partial charge in [-0.15, -0.1) is 0 Å². The van der Waals surface area contributed by atoms with E-state index >= 15 is 8.78 Å². The van der Waals surface area contributed by atoms with Crippen LogP contribution in [0, 0.1) is 23.0 Å². The minimum atomic E-state index is -2.78. The molecule has 8 heteroatoms. The molecule has 2 unspecified atom stereocenters. The summed E-state index contributed by atoms with van der Waals surface area (Å²) in [6.45, 7) is 2.16. The van der Waals surface area contributed by atoms with Gasteiger partial charge in [-0.25, -0.2) is 17.6 Å². The first-order valence-electron chi connectivity index (χ1n) is 8.96. The third-order valence-corrected chi connectivity index (χ3v) is 5.08. The zero-order valence-corrected chi connectivity index (χ0v) is 15.1. The van der Waals surface area contributed by atoms with Crippen molar-refractivity contribution < 1.29 is 36.9 Å². The molecule has 2 aliphatic rings. The van der Waals surface area contributed by atoms with Gasteiger partial charge in [0.25, 0.3) is 0 Å². The van der Waals surface area contributed by atoms with E-state index in [0.717, 1.165) is 31.0 Å². The predicted octanol–water partition coefficient (Wildman–Crippen LogP) is 4.41. The average molecular weight is 400 g/mol. The molecule has 1 N–H and O–H groups in total. The third-order valence-electron chi connectivity index (χ3n) is 5.08. The Labute approximate surface area is 159 Å². The Morgan fingerprint density at radius 1 is 1.21 bits per heavy atom. The molecule has 0 amide bonds. The molecule has 0 radical (unpaired) electrons. The van der Waals surface area contributed by atoms with E-state index in [9.17, 15) is 18.7 Å². The maximum absolute atomic E-state index is 15.1. The first-order chi connectivity index (χ1) is 13.3. The zero-order chi connectivity index (χ0) is 20.5. The molecule has 3 rings (SSSR count). The van der Waals surface area contributed by atoms with E-state index in [4.69, 9.17) is 9.47 Å². The molecule has 152 valence electrons. The summed E-state index contributed by atoms with van der Waals surface area (Å²) < 4.78 is 68.8. The van der Waals surface area contributed by atoms with Crippen LogP contribution in [0.15, 0.2) is 36.2 Å². The van der Waals surface area contributed by atoms with Crippen LogP contribution in [0.5, 0.6) is 0 Å². The third kappa shape index (κ3) is 3.35. The van der Waals surface area contributed by atoms with E-state index < -0.39 is 52.4 Å². The highest BCUT2D eigenvalue weighted by Crippen LogP contribution is 2.47. The number of hydrogen-bond donors (Lipinski definition) is 1. The van der Waals surface area contributed by atoms with Crippen LogP contribution < -0.4 is 0 Å². The SMILES string of the molecule is CCCC1COC(C2(C(=O)O)C(F)=CC(c3c(F)cccc3F)=CC2F)OC1. The van der Waals surface area contributed by atoms with Crippen LogP contribution in [0.2, 0.25) is 0 Å². The highest BCUT2D eigenvalue weighted by Gasteiger charge is 2.60. The quantitative estimate of drug-likeness (QED) is 0.744. The lowest BCUT2D eigenvalue weighted by atomic mass is 9.75. The van der Waals surface area contributed by atoms with Gasteiger partial charge >= 0.3 is 5.97 Å². The summed E-state index contributed by atoms with van der Waals surface area (Å²) in [6, 6.07) is 3.00. The Hall–Kier alpha value is -2.19. The van der Waals surface area contributed by atoms with Crippen molar-refractivity contribution in [2.24, 2.45) is 11.3 Å². The number of alkyl halides is 1. The smallest absolute Gasteiger partial charge is 0.325 e. The lowest BCUT2D eigenvalue weighted by molar-refractivity contribution is -0.257. The van der Waals surface area contributed by atoms with Crippen LogP contribution >= 0.6 is 0 Å². The number of carbonyl (C=O) groups is 1. The van der Waals surface area contributed by atoms with Crippen molar-refractivity contribution in [1.82, 2.24) is 0 Å². The fourth-order valence-electron chi connectivity index (χ4n) is 3.60. The molecule has 1 aromatic carbocycles. The number of carboxylic acids is 1. The molecule has 1 heterocycles. The minimum absolute atomic E-state index is 0.000555. The Bertz CT molecular complexity index is 794. The fraction of sp³-hybridized carbons (Fsp3) is 0.450. The molecule has 0 saturated carbocycles. The van der Waals surface area contributed by atoms with Crippen LogP contribution in [-0.2, 0) is 14.3 Å². The summed E-state index contributed by atoms with van der Waals surface area (Å²) >= 11 is 0. The van der Waals surface area contributed by atoms with Crippen molar-refractivity contribution in [2.45, 2.75) is 32.2 Å². The van der Waals surface area contributed by atoms with E-state index in [1.807, 2.05) is 6.92 Å². The molecule has 0 spiro atoms. The van der Waals surface area contributed by atoms with E-state index in [1.54, 1.807) is 0 Å². The van der Waals surface area contributed by atoms with E-state index in [-0.39, 0.29) is 19.1 Å². The minimum Gasteiger partial charge on any atom is -0.480 e. The van der Waals surface area contributed by atoms with Crippen molar-refractivity contribution in [1.29, 1.82) is 0 Å². The van der Waals surface area contributed by atoms with Crippen LogP contribution in [0.4, 0.5) is 17.6 Å². The monoisotopic (exact) mass is 400 g/mol. The van der Waals surface area contributed by atoms with Crippen molar-refractivity contribution in [3.8, 4) is 0 Å². The summed E-state index contributed by atoms with van der Waals surface area (Å²) in [5.74, 6) is -5.28. The van der Waals surface area contributed by atoms with Gasteiger partial charge in [-0.05, 0) is 36.3 Å². The highest BCUT2D eigenvalue weighted by molar-refractivity contribution is 5.86. The number of aliphatic carboxylic acids is 1. The molecule has 1 aliphatic carbocycles. The van der Waals surface area contributed by atoms with Gasteiger partial charge in [0.1, 0.15) is 23.6 Å². The number of benzene rings is 1. The Kier molecular flexibility index (Phi) is 5.90. The lowest BCUT2D eigenvalue weighted by Gasteiger charge is -2.41. The summed E-state index contributed by atoms with van der Waals surface area (Å²) in [4.78, 5) is 11.9. The van der Waals surface area contributed by atoms with Gasteiger partial charge in [0.15, 0.2) is 6.29 Å². The normalized spacial score (nSPS) is 30.5. The van der Waals surface area contributed by atoms with Crippen molar-refractivity contribution >= 4 is 11.5 Å². The molecule has 28 heavy (non-hydrogen) atoms. The van der Waals surface area contributed by atoms with Crippen LogP contribution in [0.1, 0.15) is 25.3 Å². The van der Waals surface area contributed by atoms with Crippen molar-refractivity contribution in [3.63, 3.8) is 0 Å². The second kappa shape index (κ2) is 8.05. The average Bonchev–Trinajstić information content (AvgIpc) is 2.63. The standard InChI is InChI=1S/C20H20F4O4/c1-2-4-11-9-27-19(28-10-11)20(18(25)26)15(23)7-12(8-16(20)24)17-13(21)5-3-6-14(17)22/h3,5-8,11,15,19H,2,4,9-10H2,1H3,(H,25,26). The lowest BCUT2D eigenvalue weighted by Crippen LogP contribution is -2.55. The second-order valence-electron chi connectivity index (χ2n) is 6.94. The molecule has 0 aromatic heterocycles. The molecule has 1 aliphatic heterocycles. The van der Waals surface area contributed by atoms with Crippen molar-refractivity contribution in [2.75, 3.05) is 13.2 Å². The number of hydrogen-bond acceptors (Lipinski definition) is 3. The van der Waals surface area contributed by atoms with Crippen LogP contribution in [-0.4, -0.2) is 36.8 Å². The molecule has 1 aromatic rings. The molecular formula is C20H20F4O4. The first kappa shape index (κ1) is 20.5. The first-order valence-corrected chi connectivity index (χ1v) is 8.96. The maximum Gasteiger partial charge on any atom is 0.325 e. The molecule has 4 nitrogen and oxygen atoms in total. The van der Waals surface area contributed by atoms with Gasteiger partial charge in [-0.2, -0.15) is 0 Å². The van der Waals surface area contributed by atoms with Crippen molar-refractivity contribution in [3.05, 3.63) is 53.4 Å². The van der Waals surface area contributed by atoms with E-state index in [1.165, 1.54) is 0 Å². The Morgan fingerprint density at radius 3 is 2.32 bits per heavy atom. The largest absolute Gasteiger partial charge is 0.480 e. The fourth-order valence-corrected chi connectivity index (χ4v) is 3.60. The molecule has 2 atom stereocenters. The van der Waals surface area contributed by atoms with Gasteiger partial charge in [0.05, 0.1) is 18.8 Å². The summed E-state index contributed by atoms with van der Waals surface area (Å²) in [6.07, 6.45) is -1.24. The van der Waals surface area contributed by atoms with Crippen LogP contribution in [0.3, 0.4) is 0 Å². The Balaban J connectivity index is 1.96. The highest BCUT2D eigenvalue weighted by atomic mass is 19.1. The number of ether oxygens (including phenoxy) is 2. The van der Waals surface area contributed by atoms with Crippen LogP contribution in [0.25, 0.3) is 5.57 Å². The van der Waals surface area contributed by atoms with Gasteiger partial charge in [0, 0.05) is 5.92 Å². The molecule has 1 fully saturated rings. The molecule has 1 saturated heterocycles. The van der Waals surface area contributed by atoms with Gasteiger partial charge in [0.2, 0.25) is 5.41 Å². The number of rotatable bonds is 5. The number of carboxylic acid groups (broad SMARTS) is 1. The van der Waals surface area contributed by atoms with Gasteiger partial charge in [-0.3, -0.25) is 4.79 Å².